The molecule has 1 saturated heterocycles. The Morgan fingerprint density at radius 1 is 1.28 bits per heavy atom. The normalized spacial score (nSPS) is 22.0. The quantitative estimate of drug-likeness (QED) is 0.620. The maximum absolute atomic E-state index is 5.58. The van der Waals surface area contributed by atoms with Crippen LogP contribution >= 0.6 is 0 Å². The SMILES string of the molecule is CCOC(CCN(C)C1CCCN(C)C1)OCC. The number of nitrogens with zero attached hydrogens (tertiary/aromatic N) is 2. The Labute approximate surface area is 112 Å². The molecule has 0 saturated carbocycles. The van der Waals surface area contributed by atoms with Crippen molar-refractivity contribution >= 4 is 0 Å². The van der Waals surface area contributed by atoms with Gasteiger partial charge in [-0.15, -0.1) is 0 Å². The highest BCUT2D eigenvalue weighted by Crippen LogP contribution is 2.14. The Balaban J connectivity index is 2.27. The van der Waals surface area contributed by atoms with E-state index in [-0.39, 0.29) is 6.29 Å². The molecule has 0 bridgehead atoms. The summed E-state index contributed by atoms with van der Waals surface area (Å²) >= 11 is 0. The summed E-state index contributed by atoms with van der Waals surface area (Å²) in [6.07, 6.45) is 3.54. The van der Waals surface area contributed by atoms with Crippen LogP contribution in [0.25, 0.3) is 0 Å². The summed E-state index contributed by atoms with van der Waals surface area (Å²) in [4.78, 5) is 4.88. The van der Waals surface area contributed by atoms with Crippen molar-refractivity contribution in [2.75, 3.05) is 46.9 Å². The largest absolute Gasteiger partial charge is 0.353 e. The van der Waals surface area contributed by atoms with E-state index in [0.29, 0.717) is 6.04 Å². The Bertz CT molecular complexity index is 208. The lowest BCUT2D eigenvalue weighted by Gasteiger charge is -2.36. The second-order valence-electron chi connectivity index (χ2n) is 5.17. The maximum Gasteiger partial charge on any atom is 0.158 e. The molecule has 1 fully saturated rings. The Morgan fingerprint density at radius 3 is 2.50 bits per heavy atom. The Hall–Kier alpha value is -0.160. The lowest BCUT2D eigenvalue weighted by atomic mass is 10.0. The lowest BCUT2D eigenvalue weighted by Crippen LogP contribution is -2.45. The first-order valence-corrected chi connectivity index (χ1v) is 7.29. The van der Waals surface area contributed by atoms with Crippen LogP contribution in [0, 0.1) is 0 Å². The summed E-state index contributed by atoms with van der Waals surface area (Å²) in [7, 11) is 4.43. The fourth-order valence-electron chi connectivity index (χ4n) is 2.58. The molecule has 4 nitrogen and oxygen atoms in total. The number of rotatable bonds is 8. The highest BCUT2D eigenvalue weighted by Gasteiger charge is 2.21. The first-order chi connectivity index (χ1) is 8.67. The first-order valence-electron chi connectivity index (χ1n) is 7.29. The lowest BCUT2D eigenvalue weighted by molar-refractivity contribution is -0.142. The van der Waals surface area contributed by atoms with E-state index in [4.69, 9.17) is 9.47 Å². The van der Waals surface area contributed by atoms with Gasteiger partial charge < -0.3 is 19.3 Å². The molecule has 0 aromatic rings. The van der Waals surface area contributed by atoms with E-state index >= 15 is 0 Å². The van der Waals surface area contributed by atoms with Crippen LogP contribution in [0.4, 0.5) is 0 Å². The van der Waals surface area contributed by atoms with E-state index in [9.17, 15) is 0 Å². The highest BCUT2D eigenvalue weighted by molar-refractivity contribution is 4.77. The second-order valence-corrected chi connectivity index (χ2v) is 5.17. The molecule has 4 heteroatoms. The standard InChI is InChI=1S/C14H30N2O2/c1-5-17-14(18-6-2)9-11-16(4)13-8-7-10-15(3)12-13/h13-14H,5-12H2,1-4H3. The molecular weight excluding hydrogens is 228 g/mol. The van der Waals surface area contributed by atoms with Gasteiger partial charge in [-0.05, 0) is 47.3 Å². The molecule has 0 amide bonds. The number of ether oxygens (including phenoxy) is 2. The van der Waals surface area contributed by atoms with Crippen LogP contribution in [0.3, 0.4) is 0 Å². The molecule has 1 rings (SSSR count). The zero-order chi connectivity index (χ0) is 13.4. The van der Waals surface area contributed by atoms with E-state index in [1.807, 2.05) is 13.8 Å². The number of likely N-dealkylation sites (N-methyl/N-ethyl adjacent to an activating group) is 2. The summed E-state index contributed by atoms with van der Waals surface area (Å²) in [5, 5.41) is 0. The van der Waals surface area contributed by atoms with Crippen LogP contribution in [0.2, 0.25) is 0 Å². The van der Waals surface area contributed by atoms with Crippen molar-refractivity contribution in [1.29, 1.82) is 0 Å². The van der Waals surface area contributed by atoms with E-state index < -0.39 is 0 Å². The molecule has 0 radical (unpaired) electrons. The van der Waals surface area contributed by atoms with Crippen LogP contribution in [0.5, 0.6) is 0 Å². The van der Waals surface area contributed by atoms with Crippen LogP contribution in [0.15, 0.2) is 0 Å². The Kier molecular flexibility index (Phi) is 7.82. The third-order valence-corrected chi connectivity index (χ3v) is 3.65. The average Bonchev–Trinajstić information content (AvgIpc) is 2.36. The van der Waals surface area contributed by atoms with Crippen LogP contribution in [0.1, 0.15) is 33.1 Å². The van der Waals surface area contributed by atoms with Gasteiger partial charge in [-0.3, -0.25) is 0 Å². The smallest absolute Gasteiger partial charge is 0.158 e. The molecule has 1 aliphatic heterocycles. The number of hydrogen-bond donors (Lipinski definition) is 0. The monoisotopic (exact) mass is 258 g/mol. The molecule has 1 heterocycles. The minimum atomic E-state index is -0.0382. The second kappa shape index (κ2) is 8.86. The van der Waals surface area contributed by atoms with Crippen LogP contribution in [-0.2, 0) is 9.47 Å². The van der Waals surface area contributed by atoms with Crippen molar-refractivity contribution in [2.45, 2.75) is 45.4 Å². The Morgan fingerprint density at radius 2 is 1.94 bits per heavy atom. The summed E-state index contributed by atoms with van der Waals surface area (Å²) in [5.74, 6) is 0. The minimum Gasteiger partial charge on any atom is -0.353 e. The molecule has 0 aliphatic carbocycles. The van der Waals surface area contributed by atoms with Crippen molar-refractivity contribution in [2.24, 2.45) is 0 Å². The molecular formula is C14H30N2O2. The summed E-state index contributed by atoms with van der Waals surface area (Å²) in [5.41, 5.74) is 0. The molecule has 18 heavy (non-hydrogen) atoms. The van der Waals surface area contributed by atoms with Crippen molar-refractivity contribution in [3.63, 3.8) is 0 Å². The molecule has 108 valence electrons. The van der Waals surface area contributed by atoms with Gasteiger partial charge in [0, 0.05) is 38.8 Å². The van der Waals surface area contributed by atoms with Gasteiger partial charge in [0.1, 0.15) is 0 Å². The molecule has 0 aromatic carbocycles. The summed E-state index contributed by atoms with van der Waals surface area (Å²) in [6.45, 7) is 8.96. The zero-order valence-electron chi connectivity index (χ0n) is 12.5. The fourth-order valence-corrected chi connectivity index (χ4v) is 2.58. The molecule has 1 unspecified atom stereocenters. The van der Waals surface area contributed by atoms with Crippen LogP contribution in [-0.4, -0.2) is 69.1 Å². The third kappa shape index (κ3) is 5.65. The van der Waals surface area contributed by atoms with E-state index in [0.717, 1.165) is 26.2 Å². The number of piperidine rings is 1. The number of likely N-dealkylation sites (tertiary alicyclic amines) is 1. The van der Waals surface area contributed by atoms with Crippen molar-refractivity contribution < 1.29 is 9.47 Å². The highest BCUT2D eigenvalue weighted by atomic mass is 16.7. The van der Waals surface area contributed by atoms with Gasteiger partial charge in [-0.25, -0.2) is 0 Å². The molecule has 0 aromatic heterocycles. The molecule has 0 N–H and O–H groups in total. The zero-order valence-corrected chi connectivity index (χ0v) is 12.5. The van der Waals surface area contributed by atoms with E-state index in [1.165, 1.54) is 25.9 Å². The summed E-state index contributed by atoms with van der Waals surface area (Å²) < 4.78 is 11.2. The van der Waals surface area contributed by atoms with Gasteiger partial charge in [0.25, 0.3) is 0 Å². The van der Waals surface area contributed by atoms with Crippen molar-refractivity contribution in [1.82, 2.24) is 9.80 Å². The van der Waals surface area contributed by atoms with Crippen molar-refractivity contribution in [3.8, 4) is 0 Å². The van der Waals surface area contributed by atoms with Gasteiger partial charge in [-0.2, -0.15) is 0 Å². The molecule has 1 aliphatic rings. The topological polar surface area (TPSA) is 24.9 Å². The average molecular weight is 258 g/mol. The van der Waals surface area contributed by atoms with Crippen molar-refractivity contribution in [3.05, 3.63) is 0 Å². The third-order valence-electron chi connectivity index (χ3n) is 3.65. The van der Waals surface area contributed by atoms with E-state index in [1.54, 1.807) is 0 Å². The summed E-state index contributed by atoms with van der Waals surface area (Å²) in [6, 6.07) is 0.688. The van der Waals surface area contributed by atoms with Gasteiger partial charge in [0.15, 0.2) is 6.29 Å². The van der Waals surface area contributed by atoms with E-state index in [2.05, 4.69) is 23.9 Å². The number of hydrogen-bond acceptors (Lipinski definition) is 4. The molecule has 0 spiro atoms. The predicted octanol–water partition coefficient (Wildman–Crippen LogP) is 1.80. The first kappa shape index (κ1) is 15.9. The van der Waals surface area contributed by atoms with Gasteiger partial charge >= 0.3 is 0 Å². The van der Waals surface area contributed by atoms with Gasteiger partial charge in [0.2, 0.25) is 0 Å². The fraction of sp³-hybridized carbons (Fsp3) is 1.00. The van der Waals surface area contributed by atoms with Gasteiger partial charge in [0.05, 0.1) is 0 Å². The van der Waals surface area contributed by atoms with Gasteiger partial charge in [-0.1, -0.05) is 0 Å². The predicted molar refractivity (Wildman–Crippen MR) is 74.8 cm³/mol. The molecule has 1 atom stereocenters. The van der Waals surface area contributed by atoms with Crippen LogP contribution < -0.4 is 0 Å². The maximum atomic E-state index is 5.58. The minimum absolute atomic E-state index is 0.0382.